The van der Waals surface area contributed by atoms with Gasteiger partial charge in [0.2, 0.25) is 5.88 Å². The van der Waals surface area contributed by atoms with E-state index in [-0.39, 0.29) is 24.2 Å². The summed E-state index contributed by atoms with van der Waals surface area (Å²) >= 11 is 1.72. The molecule has 2 aromatic heterocycles. The second-order valence-electron chi connectivity index (χ2n) is 12.3. The van der Waals surface area contributed by atoms with Crippen LogP contribution in [-0.2, 0) is 15.6 Å². The van der Waals surface area contributed by atoms with Gasteiger partial charge in [-0.05, 0) is 96.8 Å². The molecule has 0 aromatic carbocycles. The highest BCUT2D eigenvalue weighted by atomic mass is 32.1. The minimum absolute atomic E-state index is 0.0406. The Hall–Kier alpha value is -2.22. The van der Waals surface area contributed by atoms with Crippen molar-refractivity contribution in [3.05, 3.63) is 16.8 Å². The molecule has 202 valence electrons. The minimum atomic E-state index is -1.82. The van der Waals surface area contributed by atoms with Crippen LogP contribution in [-0.4, -0.2) is 60.2 Å². The third-order valence-electron chi connectivity index (χ3n) is 6.99. The van der Waals surface area contributed by atoms with Gasteiger partial charge in [0, 0.05) is 18.0 Å². The van der Waals surface area contributed by atoms with Gasteiger partial charge in [-0.15, -0.1) is 11.3 Å². The van der Waals surface area contributed by atoms with E-state index >= 15 is 0 Å². The van der Waals surface area contributed by atoms with E-state index in [1.165, 1.54) is 10.4 Å². The van der Waals surface area contributed by atoms with Crippen LogP contribution in [0, 0.1) is 11.3 Å². The standard InChI is InChI=1S/C27H40N4O4SSi/c1-27(2,3)34-26(32)31(4)18-9-11-19(12-10-18)33-24-23-22-17(14-20(15-28)35-37(5,6)7)8-13-21(22)36-25(23)30-16-29-24/h16-20H,8-14H2,1-7H3/t17-,18?,19?,20?/m1/s1. The van der Waals surface area contributed by atoms with E-state index in [1.54, 1.807) is 22.6 Å². The van der Waals surface area contributed by atoms with Crippen LogP contribution in [0.1, 0.15) is 75.7 Å². The Bertz CT molecular complexity index is 1160. The molecule has 0 radical (unpaired) electrons. The number of rotatable bonds is 7. The van der Waals surface area contributed by atoms with Crippen LogP contribution < -0.4 is 4.74 Å². The first-order chi connectivity index (χ1) is 17.3. The van der Waals surface area contributed by atoms with E-state index in [0.717, 1.165) is 48.7 Å². The van der Waals surface area contributed by atoms with Crippen molar-refractivity contribution in [3.8, 4) is 11.9 Å². The van der Waals surface area contributed by atoms with Crippen LogP contribution in [0.2, 0.25) is 19.6 Å². The molecule has 2 aliphatic rings. The number of nitrogens with zero attached hydrogens (tertiary/aromatic N) is 4. The highest BCUT2D eigenvalue weighted by Crippen LogP contribution is 2.48. The van der Waals surface area contributed by atoms with E-state index in [9.17, 15) is 10.1 Å². The zero-order chi connectivity index (χ0) is 27.0. The van der Waals surface area contributed by atoms with Gasteiger partial charge in [-0.2, -0.15) is 5.26 Å². The molecule has 0 aliphatic heterocycles. The molecule has 0 spiro atoms. The summed E-state index contributed by atoms with van der Waals surface area (Å²) in [5.41, 5.74) is 0.755. The summed E-state index contributed by atoms with van der Waals surface area (Å²) in [6.45, 7) is 12.0. The van der Waals surface area contributed by atoms with Crippen LogP contribution in [0.25, 0.3) is 10.2 Å². The third-order valence-corrected chi connectivity index (χ3v) is 9.15. The van der Waals surface area contributed by atoms with E-state index in [1.807, 2.05) is 27.8 Å². The van der Waals surface area contributed by atoms with E-state index in [0.29, 0.717) is 12.3 Å². The number of fused-ring (bicyclic) bond motifs is 3. The Morgan fingerprint density at radius 2 is 1.92 bits per heavy atom. The van der Waals surface area contributed by atoms with Crippen LogP contribution in [0.4, 0.5) is 4.79 Å². The molecule has 2 atom stereocenters. The fourth-order valence-corrected chi connectivity index (χ4v) is 7.60. The molecule has 1 amide bonds. The van der Waals surface area contributed by atoms with Gasteiger partial charge in [-0.25, -0.2) is 14.8 Å². The summed E-state index contributed by atoms with van der Waals surface area (Å²) < 4.78 is 18.2. The Labute approximate surface area is 225 Å². The summed E-state index contributed by atoms with van der Waals surface area (Å²) in [5, 5.41) is 10.8. The first-order valence-electron chi connectivity index (χ1n) is 13.3. The van der Waals surface area contributed by atoms with Crippen molar-refractivity contribution in [2.24, 2.45) is 0 Å². The molecule has 2 aliphatic carbocycles. The summed E-state index contributed by atoms with van der Waals surface area (Å²) in [4.78, 5) is 25.6. The summed E-state index contributed by atoms with van der Waals surface area (Å²) in [5.74, 6) is 0.897. The number of ether oxygens (including phenoxy) is 2. The zero-order valence-corrected chi connectivity index (χ0v) is 25.0. The average molecular weight is 545 g/mol. The van der Waals surface area contributed by atoms with Crippen molar-refractivity contribution in [1.29, 1.82) is 5.26 Å². The molecule has 37 heavy (non-hydrogen) atoms. The molecular formula is C27H40N4O4SSi. The Balaban J connectivity index is 1.46. The Morgan fingerprint density at radius 3 is 2.54 bits per heavy atom. The lowest BCUT2D eigenvalue weighted by Gasteiger charge is -2.35. The highest BCUT2D eigenvalue weighted by Gasteiger charge is 2.35. The predicted molar refractivity (Wildman–Crippen MR) is 148 cm³/mol. The highest BCUT2D eigenvalue weighted by molar-refractivity contribution is 7.19. The lowest BCUT2D eigenvalue weighted by molar-refractivity contribution is 0.0137. The Kier molecular flexibility index (Phi) is 8.17. The zero-order valence-electron chi connectivity index (χ0n) is 23.2. The molecule has 0 bridgehead atoms. The number of hydrogen-bond donors (Lipinski definition) is 0. The number of aromatic nitrogens is 2. The molecule has 0 saturated heterocycles. The second kappa shape index (κ2) is 10.9. The van der Waals surface area contributed by atoms with Gasteiger partial charge in [0.05, 0.1) is 11.5 Å². The van der Waals surface area contributed by atoms with Crippen molar-refractivity contribution in [2.45, 2.75) is 115 Å². The number of carbonyl (C=O) groups excluding carboxylic acids is 1. The van der Waals surface area contributed by atoms with E-state index in [2.05, 4.69) is 35.7 Å². The topological polar surface area (TPSA) is 97.6 Å². The number of amides is 1. The molecule has 4 rings (SSSR count). The average Bonchev–Trinajstić information content (AvgIpc) is 3.36. The maximum atomic E-state index is 12.5. The molecule has 8 nitrogen and oxygen atoms in total. The first-order valence-corrected chi connectivity index (χ1v) is 17.5. The summed E-state index contributed by atoms with van der Waals surface area (Å²) in [7, 11) is 0.00504. The van der Waals surface area contributed by atoms with Crippen molar-refractivity contribution < 1.29 is 18.7 Å². The monoisotopic (exact) mass is 544 g/mol. The number of aryl methyl sites for hydroxylation is 1. The second-order valence-corrected chi connectivity index (χ2v) is 17.8. The first kappa shape index (κ1) is 27.8. The summed E-state index contributed by atoms with van der Waals surface area (Å²) in [6.07, 6.45) is 7.06. The lowest BCUT2D eigenvalue weighted by atomic mass is 9.92. The third kappa shape index (κ3) is 6.81. The largest absolute Gasteiger partial charge is 0.474 e. The van der Waals surface area contributed by atoms with Crippen LogP contribution in [0.3, 0.4) is 0 Å². The molecule has 10 heteroatoms. The Morgan fingerprint density at radius 1 is 1.22 bits per heavy atom. The van der Waals surface area contributed by atoms with Gasteiger partial charge >= 0.3 is 6.09 Å². The number of hydrogen-bond acceptors (Lipinski definition) is 8. The van der Waals surface area contributed by atoms with Crippen LogP contribution in [0.5, 0.6) is 5.88 Å². The molecule has 1 saturated carbocycles. The number of carbonyl (C=O) groups is 1. The molecule has 2 aromatic rings. The fourth-order valence-electron chi connectivity index (χ4n) is 5.37. The number of thiophene rings is 1. The molecule has 2 heterocycles. The van der Waals surface area contributed by atoms with Crippen LogP contribution >= 0.6 is 11.3 Å². The van der Waals surface area contributed by atoms with Gasteiger partial charge in [-0.1, -0.05) is 0 Å². The summed E-state index contributed by atoms with van der Waals surface area (Å²) in [6, 6.07) is 2.53. The quantitative estimate of drug-likeness (QED) is 0.371. The smallest absolute Gasteiger partial charge is 0.410 e. The maximum Gasteiger partial charge on any atom is 0.410 e. The van der Waals surface area contributed by atoms with Gasteiger partial charge in [0.1, 0.15) is 29.0 Å². The van der Waals surface area contributed by atoms with Crippen molar-refractivity contribution in [1.82, 2.24) is 14.9 Å². The fraction of sp³-hybridized carbons (Fsp3) is 0.704. The van der Waals surface area contributed by atoms with Crippen LogP contribution in [0.15, 0.2) is 6.33 Å². The number of nitriles is 1. The van der Waals surface area contributed by atoms with E-state index in [4.69, 9.17) is 13.9 Å². The van der Waals surface area contributed by atoms with Crippen molar-refractivity contribution in [2.75, 3.05) is 7.05 Å². The SMILES string of the molecule is CN(C(=O)OC(C)(C)C)C1CCC(Oc2ncnc3sc4c(c23)[C@@H](CC(C#N)O[Si](C)(C)C)CC4)CC1. The molecule has 1 unspecified atom stereocenters. The van der Waals surface area contributed by atoms with Gasteiger partial charge in [-0.3, -0.25) is 0 Å². The van der Waals surface area contributed by atoms with Gasteiger partial charge < -0.3 is 18.8 Å². The normalized spacial score (nSPS) is 22.8. The molecule has 1 fully saturated rings. The van der Waals surface area contributed by atoms with Crippen molar-refractivity contribution in [3.63, 3.8) is 0 Å². The van der Waals surface area contributed by atoms with Gasteiger partial charge in [0.15, 0.2) is 8.32 Å². The maximum absolute atomic E-state index is 12.5. The predicted octanol–water partition coefficient (Wildman–Crippen LogP) is 6.41. The van der Waals surface area contributed by atoms with E-state index < -0.39 is 20.0 Å². The van der Waals surface area contributed by atoms with Crippen molar-refractivity contribution >= 4 is 36.0 Å². The minimum Gasteiger partial charge on any atom is -0.474 e. The molecular weight excluding hydrogens is 504 g/mol. The molecule has 0 N–H and O–H groups in total. The van der Waals surface area contributed by atoms with Gasteiger partial charge in [0.25, 0.3) is 0 Å². The lowest BCUT2D eigenvalue weighted by Crippen LogP contribution is -2.43.